The van der Waals surface area contributed by atoms with E-state index in [4.69, 9.17) is 4.74 Å². The van der Waals surface area contributed by atoms with Crippen LogP contribution >= 0.6 is 0 Å². The van der Waals surface area contributed by atoms with Crippen molar-refractivity contribution in [3.05, 3.63) is 64.7 Å². The van der Waals surface area contributed by atoms with Gasteiger partial charge in [0.05, 0.1) is 44.6 Å². The quantitative estimate of drug-likeness (QED) is 0.430. The fourth-order valence-electron chi connectivity index (χ4n) is 4.55. The Kier molecular flexibility index (Phi) is 8.13. The van der Waals surface area contributed by atoms with Gasteiger partial charge in [0.2, 0.25) is 0 Å². The molecule has 2 N–H and O–H groups in total. The molecule has 1 atom stereocenters. The van der Waals surface area contributed by atoms with Crippen molar-refractivity contribution in [1.29, 1.82) is 0 Å². The Hall–Kier alpha value is -3.03. The van der Waals surface area contributed by atoms with Crippen molar-refractivity contribution in [2.45, 2.75) is 51.0 Å². The minimum Gasteiger partial charge on any atom is -0.507 e. The average Bonchev–Trinajstić information content (AvgIpc) is 2.83. The van der Waals surface area contributed by atoms with Gasteiger partial charge in [-0.15, -0.1) is 0 Å². The van der Waals surface area contributed by atoms with Gasteiger partial charge in [0.25, 0.3) is 0 Å². The summed E-state index contributed by atoms with van der Waals surface area (Å²) < 4.78 is 18.5. The average molecular weight is 497 g/mol. The third-order valence-corrected chi connectivity index (χ3v) is 8.06. The molecule has 3 aromatic rings. The second-order valence-electron chi connectivity index (χ2n) is 8.91. The number of phenolic OH excluding ortho intramolecular Hbond substituents is 2. The van der Waals surface area contributed by atoms with Crippen LogP contribution in [0, 0.1) is 20.8 Å². The Morgan fingerprint density at radius 1 is 1.00 bits per heavy atom. The van der Waals surface area contributed by atoms with E-state index in [2.05, 4.69) is 23.6 Å². The van der Waals surface area contributed by atoms with Crippen molar-refractivity contribution in [2.24, 2.45) is 0 Å². The number of methoxy groups -OCH3 is 1. The number of para-hydroxylation sites is 1. The number of rotatable bonds is 7. The van der Waals surface area contributed by atoms with E-state index in [0.717, 1.165) is 46.2 Å². The zero-order valence-corrected chi connectivity index (χ0v) is 21.2. The van der Waals surface area contributed by atoms with E-state index in [1.807, 2.05) is 43.4 Å². The highest BCUT2D eigenvalue weighted by Gasteiger charge is 2.29. The van der Waals surface area contributed by atoms with Crippen LogP contribution in [-0.4, -0.2) is 46.6 Å². The third kappa shape index (κ3) is 4.88. The molecule has 1 aliphatic rings. The van der Waals surface area contributed by atoms with E-state index in [-0.39, 0.29) is 18.9 Å². The largest absolute Gasteiger partial charge is 0.507 e. The fraction of sp³-hybridized carbons (Fsp3) is 0.357. The number of hydrogen-bond donors (Lipinski definition) is 2. The lowest BCUT2D eigenvalue weighted by molar-refractivity contribution is 0.303. The molecule has 0 aliphatic carbocycles. The normalized spacial score (nSPS) is 14.3. The van der Waals surface area contributed by atoms with Crippen molar-refractivity contribution >= 4 is 22.2 Å². The topological polar surface area (TPSA) is 73.2 Å². The summed E-state index contributed by atoms with van der Waals surface area (Å²) >= 11 is 0. The first-order chi connectivity index (χ1) is 16.2. The molecule has 0 amide bonds. The first-order valence-electron chi connectivity index (χ1n) is 11.4. The summed E-state index contributed by atoms with van der Waals surface area (Å²) in [5.41, 5.74) is 5.49. The number of anilines is 2. The van der Waals surface area contributed by atoms with Gasteiger partial charge in [0, 0.05) is 13.1 Å². The lowest BCUT2D eigenvalue weighted by atomic mass is 10.1. The Morgan fingerprint density at radius 2 is 1.71 bits per heavy atom. The van der Waals surface area contributed by atoms with E-state index < -0.39 is 10.8 Å². The zero-order valence-electron chi connectivity index (χ0n) is 20.4. The minimum absolute atomic E-state index is 0. The first kappa shape index (κ1) is 26.6. The maximum atomic E-state index is 13.3. The summed E-state index contributed by atoms with van der Waals surface area (Å²) in [5, 5.41) is 21.0. The molecule has 4 rings (SSSR count). The standard InChI is InChI=1S/C27H32N2O4S.CH4/c1-17-11-12-24-25(19(17)3)29(21-9-6-7-10-23(21)34(24)32)14-8-13-28(4)16-20-26(30)18(2)15-22(33-5)27(20)31;/h6-7,9-12,15,30-31H,8,13-14,16H2,1-5H3;1H4. The minimum atomic E-state index is -1.20. The van der Waals surface area contributed by atoms with Gasteiger partial charge in [0.1, 0.15) is 5.75 Å². The Balaban J connectivity index is 0.00000342. The van der Waals surface area contributed by atoms with Crippen LogP contribution in [0.3, 0.4) is 0 Å². The SMILES string of the molecule is C.COc1cc(C)c(O)c(CN(C)CCCN2c3ccccc3S(=O)c3ccc(C)c(C)c32)c1O. The van der Waals surface area contributed by atoms with Gasteiger partial charge in [-0.05, 0) is 81.7 Å². The smallest absolute Gasteiger partial charge is 0.166 e. The van der Waals surface area contributed by atoms with Crippen LogP contribution in [-0.2, 0) is 17.3 Å². The number of hydrogen-bond acceptors (Lipinski definition) is 6. The molecule has 7 heteroatoms. The molecular formula is C28H36N2O4S. The lowest BCUT2D eigenvalue weighted by Crippen LogP contribution is -2.29. The van der Waals surface area contributed by atoms with Gasteiger partial charge in [-0.2, -0.15) is 0 Å². The molecule has 3 aromatic carbocycles. The van der Waals surface area contributed by atoms with Crippen molar-refractivity contribution in [2.75, 3.05) is 32.1 Å². The second kappa shape index (κ2) is 10.7. The van der Waals surface area contributed by atoms with Crippen LogP contribution in [0.15, 0.2) is 52.3 Å². The van der Waals surface area contributed by atoms with Gasteiger partial charge in [-0.25, -0.2) is 4.21 Å². The van der Waals surface area contributed by atoms with Crippen LogP contribution in [0.25, 0.3) is 0 Å². The van der Waals surface area contributed by atoms with Gasteiger partial charge in [-0.3, -0.25) is 0 Å². The molecule has 1 unspecified atom stereocenters. The van der Waals surface area contributed by atoms with Crippen LogP contribution in [0.1, 0.15) is 36.1 Å². The van der Waals surface area contributed by atoms with E-state index in [0.29, 0.717) is 23.4 Å². The van der Waals surface area contributed by atoms with Crippen LogP contribution in [0.4, 0.5) is 11.4 Å². The van der Waals surface area contributed by atoms with Crippen LogP contribution in [0.2, 0.25) is 0 Å². The number of nitrogens with zero attached hydrogens (tertiary/aromatic N) is 2. The maximum absolute atomic E-state index is 13.3. The van der Waals surface area contributed by atoms with E-state index in [9.17, 15) is 14.4 Å². The monoisotopic (exact) mass is 496 g/mol. The number of ether oxygens (including phenoxy) is 1. The summed E-state index contributed by atoms with van der Waals surface area (Å²) in [4.78, 5) is 6.06. The van der Waals surface area contributed by atoms with E-state index >= 15 is 0 Å². The van der Waals surface area contributed by atoms with Crippen LogP contribution < -0.4 is 9.64 Å². The molecule has 1 aliphatic heterocycles. The van der Waals surface area contributed by atoms with Gasteiger partial charge < -0.3 is 24.7 Å². The predicted octanol–water partition coefficient (Wildman–Crippen LogP) is 5.81. The summed E-state index contributed by atoms with van der Waals surface area (Å²) in [6, 6.07) is 13.6. The molecular weight excluding hydrogens is 460 g/mol. The van der Waals surface area contributed by atoms with Crippen molar-refractivity contribution in [3.63, 3.8) is 0 Å². The van der Waals surface area contributed by atoms with Crippen LogP contribution in [0.5, 0.6) is 17.2 Å². The number of fused-ring (bicyclic) bond motifs is 2. The first-order valence-corrected chi connectivity index (χ1v) is 12.5. The van der Waals surface area contributed by atoms with E-state index in [1.54, 1.807) is 13.0 Å². The molecule has 35 heavy (non-hydrogen) atoms. The number of aryl methyl sites for hydroxylation is 2. The van der Waals surface area contributed by atoms with Crippen molar-refractivity contribution in [1.82, 2.24) is 4.90 Å². The zero-order chi connectivity index (χ0) is 24.6. The molecule has 0 radical (unpaired) electrons. The highest BCUT2D eigenvalue weighted by Crippen LogP contribution is 2.44. The molecule has 0 saturated heterocycles. The lowest BCUT2D eigenvalue weighted by Gasteiger charge is -2.35. The molecule has 1 heterocycles. The second-order valence-corrected chi connectivity index (χ2v) is 10.3. The van der Waals surface area contributed by atoms with Crippen molar-refractivity contribution < 1.29 is 19.2 Å². The molecule has 188 valence electrons. The molecule has 0 saturated carbocycles. The predicted molar refractivity (Wildman–Crippen MR) is 143 cm³/mol. The number of benzene rings is 3. The molecule has 0 bridgehead atoms. The van der Waals surface area contributed by atoms with Crippen molar-refractivity contribution in [3.8, 4) is 17.2 Å². The molecule has 6 nitrogen and oxygen atoms in total. The highest BCUT2D eigenvalue weighted by atomic mass is 32.2. The Morgan fingerprint density at radius 3 is 2.43 bits per heavy atom. The molecule has 0 spiro atoms. The fourth-order valence-corrected chi connectivity index (χ4v) is 5.99. The summed E-state index contributed by atoms with van der Waals surface area (Å²) in [5.74, 6) is 0.432. The van der Waals surface area contributed by atoms with E-state index in [1.165, 1.54) is 12.7 Å². The highest BCUT2D eigenvalue weighted by molar-refractivity contribution is 7.85. The van der Waals surface area contributed by atoms with Gasteiger partial charge in [-0.1, -0.05) is 25.6 Å². The summed E-state index contributed by atoms with van der Waals surface area (Å²) in [6.45, 7) is 7.86. The Labute approximate surface area is 211 Å². The number of aromatic hydroxyl groups is 2. The van der Waals surface area contributed by atoms with Gasteiger partial charge >= 0.3 is 0 Å². The molecule has 0 fully saturated rings. The van der Waals surface area contributed by atoms with Gasteiger partial charge in [0.15, 0.2) is 11.5 Å². The summed E-state index contributed by atoms with van der Waals surface area (Å²) in [7, 11) is 2.27. The third-order valence-electron chi connectivity index (χ3n) is 6.59. The number of phenols is 2. The maximum Gasteiger partial charge on any atom is 0.166 e. The molecule has 0 aromatic heterocycles. The Bertz CT molecular complexity index is 1260. The summed E-state index contributed by atoms with van der Waals surface area (Å²) in [6.07, 6.45) is 0.842.